The molecule has 2 aromatic carbocycles. The molecule has 0 saturated carbocycles. The quantitative estimate of drug-likeness (QED) is 0.930. The van der Waals surface area contributed by atoms with Crippen LogP contribution in [0.5, 0.6) is 0 Å². The zero-order valence-electron chi connectivity index (χ0n) is 12.2. The maximum atomic E-state index is 13.1. The van der Waals surface area contributed by atoms with Crippen LogP contribution in [0.15, 0.2) is 42.5 Å². The number of benzene rings is 2. The highest BCUT2D eigenvalue weighted by atomic mass is 35.5. The van der Waals surface area contributed by atoms with Crippen LogP contribution in [0.4, 0.5) is 4.39 Å². The van der Waals surface area contributed by atoms with Gasteiger partial charge in [-0.2, -0.15) is 5.26 Å². The van der Waals surface area contributed by atoms with Gasteiger partial charge in [-0.3, -0.25) is 4.79 Å². The van der Waals surface area contributed by atoms with E-state index in [0.29, 0.717) is 16.7 Å². The van der Waals surface area contributed by atoms with Crippen molar-refractivity contribution in [1.82, 2.24) is 5.32 Å². The molecule has 5 heteroatoms. The lowest BCUT2D eigenvalue weighted by atomic mass is 9.93. The van der Waals surface area contributed by atoms with Crippen LogP contribution in [0.3, 0.4) is 0 Å². The van der Waals surface area contributed by atoms with E-state index in [9.17, 15) is 9.18 Å². The number of nitriles is 1. The SMILES string of the molecule is CC(C)(NC(=O)c1ccc(C#N)cc1)c1ccc(F)cc1Cl. The van der Waals surface area contributed by atoms with Crippen molar-refractivity contribution >= 4 is 17.5 Å². The second-order valence-electron chi connectivity index (χ2n) is 5.39. The van der Waals surface area contributed by atoms with E-state index >= 15 is 0 Å². The second-order valence-corrected chi connectivity index (χ2v) is 5.80. The molecule has 0 bridgehead atoms. The van der Waals surface area contributed by atoms with Gasteiger partial charge in [0.1, 0.15) is 5.82 Å². The first-order valence-electron chi connectivity index (χ1n) is 6.62. The van der Waals surface area contributed by atoms with Crippen molar-refractivity contribution in [1.29, 1.82) is 5.26 Å². The largest absolute Gasteiger partial charge is 0.343 e. The Balaban J connectivity index is 2.23. The molecular formula is C17H14ClFN2O. The average molecular weight is 317 g/mol. The van der Waals surface area contributed by atoms with Crippen molar-refractivity contribution < 1.29 is 9.18 Å². The van der Waals surface area contributed by atoms with Crippen LogP contribution in [-0.2, 0) is 5.54 Å². The van der Waals surface area contributed by atoms with E-state index in [1.807, 2.05) is 6.07 Å². The lowest BCUT2D eigenvalue weighted by Crippen LogP contribution is -2.41. The van der Waals surface area contributed by atoms with Gasteiger partial charge in [-0.05, 0) is 55.8 Å². The highest BCUT2D eigenvalue weighted by Gasteiger charge is 2.26. The number of rotatable bonds is 3. The number of halogens is 2. The average Bonchev–Trinajstić information content (AvgIpc) is 2.46. The Hall–Kier alpha value is -2.38. The van der Waals surface area contributed by atoms with Gasteiger partial charge in [0.05, 0.1) is 17.2 Å². The lowest BCUT2D eigenvalue weighted by Gasteiger charge is -2.28. The summed E-state index contributed by atoms with van der Waals surface area (Å²) in [6.07, 6.45) is 0. The predicted octanol–water partition coefficient (Wildman–Crippen LogP) is 4.02. The molecule has 0 radical (unpaired) electrons. The number of nitrogens with zero attached hydrogens (tertiary/aromatic N) is 1. The highest BCUT2D eigenvalue weighted by molar-refractivity contribution is 6.31. The van der Waals surface area contributed by atoms with Gasteiger partial charge < -0.3 is 5.32 Å². The molecule has 112 valence electrons. The maximum absolute atomic E-state index is 13.1. The Morgan fingerprint density at radius 1 is 1.23 bits per heavy atom. The molecule has 1 N–H and O–H groups in total. The monoisotopic (exact) mass is 316 g/mol. The zero-order valence-corrected chi connectivity index (χ0v) is 12.9. The van der Waals surface area contributed by atoms with E-state index in [2.05, 4.69) is 5.32 Å². The molecule has 3 nitrogen and oxygen atoms in total. The maximum Gasteiger partial charge on any atom is 0.251 e. The van der Waals surface area contributed by atoms with Crippen molar-refractivity contribution in [3.63, 3.8) is 0 Å². The molecule has 0 atom stereocenters. The van der Waals surface area contributed by atoms with Crippen LogP contribution in [0.2, 0.25) is 5.02 Å². The Morgan fingerprint density at radius 3 is 2.41 bits per heavy atom. The highest BCUT2D eigenvalue weighted by Crippen LogP contribution is 2.28. The van der Waals surface area contributed by atoms with E-state index in [1.165, 1.54) is 12.1 Å². The van der Waals surface area contributed by atoms with Gasteiger partial charge in [0.15, 0.2) is 0 Å². The standard InChI is InChI=1S/C17H14ClFN2O/c1-17(2,14-8-7-13(19)9-15(14)18)21-16(22)12-5-3-11(10-20)4-6-12/h3-9H,1-2H3,(H,21,22). The molecule has 0 saturated heterocycles. The van der Waals surface area contributed by atoms with E-state index in [4.69, 9.17) is 16.9 Å². The fourth-order valence-electron chi connectivity index (χ4n) is 2.12. The van der Waals surface area contributed by atoms with E-state index in [0.717, 1.165) is 0 Å². The molecule has 0 spiro atoms. The first-order chi connectivity index (χ1) is 10.3. The summed E-state index contributed by atoms with van der Waals surface area (Å²) in [5.41, 5.74) is 0.774. The number of hydrogen-bond acceptors (Lipinski definition) is 2. The summed E-state index contributed by atoms with van der Waals surface area (Å²) < 4.78 is 13.1. The number of amides is 1. The van der Waals surface area contributed by atoms with Crippen molar-refractivity contribution in [3.8, 4) is 6.07 Å². The fraction of sp³-hybridized carbons (Fsp3) is 0.176. The Bertz CT molecular complexity index is 748. The van der Waals surface area contributed by atoms with Crippen LogP contribution in [0.25, 0.3) is 0 Å². The fourth-order valence-corrected chi connectivity index (χ4v) is 2.52. The van der Waals surface area contributed by atoms with Gasteiger partial charge in [0.25, 0.3) is 5.91 Å². The van der Waals surface area contributed by atoms with E-state index in [-0.39, 0.29) is 10.9 Å². The summed E-state index contributed by atoms with van der Waals surface area (Å²) in [7, 11) is 0. The minimum absolute atomic E-state index is 0.255. The summed E-state index contributed by atoms with van der Waals surface area (Å²) in [4.78, 5) is 12.3. The van der Waals surface area contributed by atoms with Crippen LogP contribution < -0.4 is 5.32 Å². The summed E-state index contributed by atoms with van der Waals surface area (Å²) in [6, 6.07) is 12.4. The molecule has 0 aliphatic carbocycles. The first-order valence-corrected chi connectivity index (χ1v) is 6.99. The Kier molecular flexibility index (Phi) is 4.48. The normalized spacial score (nSPS) is 10.9. The third kappa shape index (κ3) is 3.44. The van der Waals surface area contributed by atoms with Crippen molar-refractivity contribution in [2.45, 2.75) is 19.4 Å². The second kappa shape index (κ2) is 6.17. The number of carbonyl (C=O) groups excluding carboxylic acids is 1. The minimum Gasteiger partial charge on any atom is -0.343 e. The van der Waals surface area contributed by atoms with Crippen molar-refractivity contribution in [3.05, 3.63) is 70.0 Å². The van der Waals surface area contributed by atoms with E-state index in [1.54, 1.807) is 44.2 Å². The predicted molar refractivity (Wildman–Crippen MR) is 83.1 cm³/mol. The number of carbonyl (C=O) groups is 1. The molecular weight excluding hydrogens is 303 g/mol. The smallest absolute Gasteiger partial charge is 0.251 e. The lowest BCUT2D eigenvalue weighted by molar-refractivity contribution is 0.0912. The Labute approximate surface area is 133 Å². The molecule has 0 heterocycles. The molecule has 0 aromatic heterocycles. The molecule has 22 heavy (non-hydrogen) atoms. The van der Waals surface area contributed by atoms with Crippen LogP contribution >= 0.6 is 11.6 Å². The van der Waals surface area contributed by atoms with Gasteiger partial charge in [-0.1, -0.05) is 17.7 Å². The van der Waals surface area contributed by atoms with Crippen LogP contribution in [0.1, 0.15) is 35.3 Å². The number of hydrogen-bond donors (Lipinski definition) is 1. The summed E-state index contributed by atoms with van der Waals surface area (Å²) in [5, 5.41) is 11.9. The molecule has 0 fully saturated rings. The first kappa shape index (κ1) is 16.0. The van der Waals surface area contributed by atoms with Gasteiger partial charge >= 0.3 is 0 Å². The van der Waals surface area contributed by atoms with Crippen LogP contribution in [0, 0.1) is 17.1 Å². The van der Waals surface area contributed by atoms with Crippen LogP contribution in [-0.4, -0.2) is 5.91 Å². The molecule has 2 rings (SSSR count). The van der Waals surface area contributed by atoms with Gasteiger partial charge in [0, 0.05) is 10.6 Å². The zero-order chi connectivity index (χ0) is 16.3. The van der Waals surface area contributed by atoms with Gasteiger partial charge in [0.2, 0.25) is 0 Å². The minimum atomic E-state index is -0.768. The molecule has 0 unspecified atom stereocenters. The van der Waals surface area contributed by atoms with Gasteiger partial charge in [-0.25, -0.2) is 4.39 Å². The van der Waals surface area contributed by atoms with Crippen molar-refractivity contribution in [2.24, 2.45) is 0 Å². The molecule has 1 amide bonds. The van der Waals surface area contributed by atoms with Gasteiger partial charge in [-0.15, -0.1) is 0 Å². The molecule has 2 aromatic rings. The Morgan fingerprint density at radius 2 is 1.86 bits per heavy atom. The molecule has 0 aliphatic rings. The third-order valence-corrected chi connectivity index (χ3v) is 3.62. The summed E-state index contributed by atoms with van der Waals surface area (Å²) >= 11 is 6.06. The summed E-state index contributed by atoms with van der Waals surface area (Å²) in [6.45, 7) is 3.57. The topological polar surface area (TPSA) is 52.9 Å². The number of nitrogens with one attached hydrogen (secondary N) is 1. The summed E-state index contributed by atoms with van der Waals surface area (Å²) in [5.74, 6) is -0.724. The molecule has 0 aliphatic heterocycles. The van der Waals surface area contributed by atoms with E-state index < -0.39 is 11.4 Å². The van der Waals surface area contributed by atoms with Crippen molar-refractivity contribution in [2.75, 3.05) is 0 Å². The third-order valence-electron chi connectivity index (χ3n) is 3.31.